The van der Waals surface area contributed by atoms with Gasteiger partial charge in [0.25, 0.3) is 5.91 Å². The van der Waals surface area contributed by atoms with Crippen LogP contribution in [0.1, 0.15) is 32.8 Å². The number of hydrogen-bond acceptors (Lipinski definition) is 7. The number of aryl methyl sites for hydroxylation is 1. The molecule has 11 nitrogen and oxygen atoms in total. The van der Waals surface area contributed by atoms with Crippen molar-refractivity contribution in [2.24, 2.45) is 0 Å². The molecule has 4 aromatic rings. The van der Waals surface area contributed by atoms with E-state index in [9.17, 15) is 24.3 Å². The summed E-state index contributed by atoms with van der Waals surface area (Å²) in [5.74, 6) is -1.16. The number of anilines is 2. The lowest BCUT2D eigenvalue weighted by Crippen LogP contribution is -2.42. The number of aliphatic carboxylic acids is 1. The van der Waals surface area contributed by atoms with Gasteiger partial charge in [0, 0.05) is 18.5 Å². The average molecular weight is 668 g/mol. The molecule has 0 spiro atoms. The van der Waals surface area contributed by atoms with Gasteiger partial charge in [-0.15, -0.1) is 0 Å². The van der Waals surface area contributed by atoms with E-state index >= 15 is 0 Å². The lowest BCUT2D eigenvalue weighted by molar-refractivity contribution is -0.139. The second kappa shape index (κ2) is 15.9. The average Bonchev–Trinajstić information content (AvgIpc) is 3.45. The number of carbonyl (C=O) groups is 4. The van der Waals surface area contributed by atoms with Crippen LogP contribution in [0.2, 0.25) is 10.0 Å². The lowest BCUT2D eigenvalue weighted by Gasteiger charge is -2.15. The van der Waals surface area contributed by atoms with Gasteiger partial charge in [-0.3, -0.25) is 9.59 Å². The van der Waals surface area contributed by atoms with Crippen LogP contribution in [0.25, 0.3) is 0 Å². The third-order valence-corrected chi connectivity index (χ3v) is 7.50. The molecule has 1 aromatic heterocycles. The molecule has 0 saturated heterocycles. The Morgan fingerprint density at radius 3 is 2.33 bits per heavy atom. The van der Waals surface area contributed by atoms with Crippen molar-refractivity contribution in [2.45, 2.75) is 32.4 Å². The first-order valence-corrected chi connectivity index (χ1v) is 14.9. The zero-order valence-electron chi connectivity index (χ0n) is 25.0. The first-order valence-electron chi connectivity index (χ1n) is 14.1. The fourth-order valence-electron chi connectivity index (χ4n) is 4.56. The number of carboxylic acids is 1. The maximum absolute atomic E-state index is 12.7. The first-order chi connectivity index (χ1) is 22.0. The Morgan fingerprint density at radius 2 is 1.63 bits per heavy atom. The molecule has 0 saturated carbocycles. The van der Waals surface area contributed by atoms with Crippen LogP contribution < -0.4 is 26.0 Å². The van der Waals surface area contributed by atoms with Crippen molar-refractivity contribution in [3.63, 3.8) is 0 Å². The van der Waals surface area contributed by atoms with E-state index in [0.717, 1.165) is 5.56 Å². The number of para-hydroxylation sites is 1. The minimum atomic E-state index is -1.26. The minimum Gasteiger partial charge on any atom is -0.495 e. The van der Waals surface area contributed by atoms with Gasteiger partial charge in [0.15, 0.2) is 5.78 Å². The second-order valence-electron chi connectivity index (χ2n) is 10.3. The molecule has 240 valence electrons. The molecule has 3 amide bonds. The minimum absolute atomic E-state index is 0.00816. The fourth-order valence-corrected chi connectivity index (χ4v) is 5.13. The number of Topliss-reactive ketones (excluding diaryl/α,β-unsaturated/α-hetero) is 1. The normalized spacial score (nSPS) is 11.4. The number of benzene rings is 3. The predicted molar refractivity (Wildman–Crippen MR) is 175 cm³/mol. The second-order valence-corrected chi connectivity index (χ2v) is 11.1. The summed E-state index contributed by atoms with van der Waals surface area (Å²) in [4.78, 5) is 49.7. The van der Waals surface area contributed by atoms with E-state index in [-0.39, 0.29) is 47.3 Å². The summed E-state index contributed by atoms with van der Waals surface area (Å²) < 4.78 is 10.9. The van der Waals surface area contributed by atoms with Crippen molar-refractivity contribution in [2.75, 3.05) is 24.3 Å². The molecule has 0 aliphatic rings. The summed E-state index contributed by atoms with van der Waals surface area (Å²) >= 11 is 12.1. The van der Waals surface area contributed by atoms with Crippen molar-refractivity contribution >= 4 is 58.3 Å². The highest BCUT2D eigenvalue weighted by Crippen LogP contribution is 2.27. The Labute approximate surface area is 275 Å². The monoisotopic (exact) mass is 666 g/mol. The summed E-state index contributed by atoms with van der Waals surface area (Å²) in [7, 11) is 1.48. The topological polar surface area (TPSA) is 159 Å². The number of halogens is 2. The van der Waals surface area contributed by atoms with Crippen LogP contribution in [0.5, 0.6) is 5.75 Å². The number of methoxy groups -OCH3 is 1. The molecule has 5 N–H and O–H groups in total. The molecule has 1 unspecified atom stereocenters. The number of carboxylic acid groups (broad SMARTS) is 1. The largest absolute Gasteiger partial charge is 0.495 e. The van der Waals surface area contributed by atoms with Crippen molar-refractivity contribution in [3.05, 3.63) is 111 Å². The van der Waals surface area contributed by atoms with Crippen LogP contribution in [0.4, 0.5) is 16.2 Å². The Bertz CT molecular complexity index is 1720. The van der Waals surface area contributed by atoms with Gasteiger partial charge in [0.05, 0.1) is 47.8 Å². The summed E-state index contributed by atoms with van der Waals surface area (Å²) in [5.41, 5.74) is 3.30. The highest BCUT2D eigenvalue weighted by molar-refractivity contribution is 6.39. The highest BCUT2D eigenvalue weighted by atomic mass is 35.5. The maximum Gasteiger partial charge on any atom is 0.326 e. The van der Waals surface area contributed by atoms with Gasteiger partial charge >= 0.3 is 12.0 Å². The molecule has 1 heterocycles. The predicted octanol–water partition coefficient (Wildman–Crippen LogP) is 5.87. The zero-order valence-corrected chi connectivity index (χ0v) is 26.5. The summed E-state index contributed by atoms with van der Waals surface area (Å²) in [6, 6.07) is 17.0. The van der Waals surface area contributed by atoms with Gasteiger partial charge in [-0.05, 0) is 60.0 Å². The van der Waals surface area contributed by atoms with Crippen LogP contribution in [-0.2, 0) is 29.0 Å². The van der Waals surface area contributed by atoms with E-state index < -0.39 is 23.9 Å². The number of furan rings is 1. The molecule has 0 bridgehead atoms. The van der Waals surface area contributed by atoms with Crippen LogP contribution in [0.15, 0.2) is 77.4 Å². The third kappa shape index (κ3) is 9.33. The maximum atomic E-state index is 12.7. The number of nitrogens with one attached hydrogen (secondary N) is 4. The Balaban J connectivity index is 1.25. The number of ether oxygens (including phenoxy) is 1. The van der Waals surface area contributed by atoms with Crippen LogP contribution in [0.3, 0.4) is 0 Å². The molecule has 0 radical (unpaired) electrons. The molecular weight excluding hydrogens is 635 g/mol. The van der Waals surface area contributed by atoms with E-state index in [1.165, 1.54) is 25.5 Å². The number of amides is 3. The summed E-state index contributed by atoms with van der Waals surface area (Å²) in [6.07, 6.45) is 1.47. The molecule has 0 aliphatic carbocycles. The molecule has 3 aromatic carbocycles. The number of rotatable bonds is 14. The number of urea groups is 1. The molecule has 13 heteroatoms. The van der Waals surface area contributed by atoms with Gasteiger partial charge < -0.3 is 35.5 Å². The van der Waals surface area contributed by atoms with Crippen LogP contribution >= 0.6 is 23.2 Å². The molecule has 0 aliphatic heterocycles. The Hall–Kier alpha value is -4.84. The van der Waals surface area contributed by atoms with E-state index in [2.05, 4.69) is 21.3 Å². The highest BCUT2D eigenvalue weighted by Gasteiger charge is 2.24. The van der Waals surface area contributed by atoms with Crippen molar-refractivity contribution < 1.29 is 33.4 Å². The van der Waals surface area contributed by atoms with Crippen molar-refractivity contribution in [3.8, 4) is 5.75 Å². The summed E-state index contributed by atoms with van der Waals surface area (Å²) in [6.45, 7) is 2.15. The Kier molecular flexibility index (Phi) is 11.8. The van der Waals surface area contributed by atoms with Crippen LogP contribution in [0, 0.1) is 6.92 Å². The molecule has 46 heavy (non-hydrogen) atoms. The smallest absolute Gasteiger partial charge is 0.326 e. The number of ketones is 1. The van der Waals surface area contributed by atoms with E-state index in [1.807, 2.05) is 25.1 Å². The van der Waals surface area contributed by atoms with Gasteiger partial charge in [0.2, 0.25) is 0 Å². The van der Waals surface area contributed by atoms with E-state index in [0.29, 0.717) is 34.0 Å². The zero-order chi connectivity index (χ0) is 33.2. The summed E-state index contributed by atoms with van der Waals surface area (Å²) in [5, 5.41) is 20.9. The molecule has 1 atom stereocenters. The third-order valence-electron chi connectivity index (χ3n) is 6.87. The molecular formula is C33H32Cl2N4O7. The molecule has 0 fully saturated rings. The van der Waals surface area contributed by atoms with Gasteiger partial charge in [-0.1, -0.05) is 53.5 Å². The van der Waals surface area contributed by atoms with Gasteiger partial charge in [0.1, 0.15) is 17.6 Å². The van der Waals surface area contributed by atoms with E-state index in [1.54, 1.807) is 36.4 Å². The number of carbonyl (C=O) groups excluding carboxylic acids is 3. The van der Waals surface area contributed by atoms with E-state index in [4.69, 9.17) is 32.4 Å². The standard InChI is InChI=1S/C33H32Cl2N4O7/c1-19-6-3-4-9-26(19)38-33(44)39-27-11-10-20(15-29(27)45-2)12-22(40)16-36-17-23-13-21(18-46-23)14-28(32(42)43)37-31(41)30-24(34)7-5-8-25(30)35/h3-11,13,15,18,28,36H,12,14,16-17H2,1-2H3,(H,37,41)(H,42,43)(H2,38,39,44). The lowest BCUT2D eigenvalue weighted by atomic mass is 10.1. The quantitative estimate of drug-likeness (QED) is 0.112. The Morgan fingerprint density at radius 1 is 0.913 bits per heavy atom. The van der Waals surface area contributed by atoms with Gasteiger partial charge in [-0.2, -0.15) is 0 Å². The SMILES string of the molecule is COc1cc(CC(=O)CNCc2cc(CC(NC(=O)c3c(Cl)cccc3Cl)C(=O)O)co2)ccc1NC(=O)Nc1ccccc1C. The number of hydrogen-bond donors (Lipinski definition) is 5. The first kappa shape index (κ1) is 34.0. The van der Waals surface area contributed by atoms with Crippen molar-refractivity contribution in [1.82, 2.24) is 10.6 Å². The van der Waals surface area contributed by atoms with Crippen molar-refractivity contribution in [1.29, 1.82) is 0 Å². The fraction of sp³-hybridized carbons (Fsp3) is 0.212. The van der Waals surface area contributed by atoms with Crippen LogP contribution in [-0.4, -0.2) is 48.5 Å². The van der Waals surface area contributed by atoms with Gasteiger partial charge in [-0.25, -0.2) is 9.59 Å². The molecule has 4 rings (SSSR count).